The van der Waals surface area contributed by atoms with Crippen molar-refractivity contribution in [1.29, 1.82) is 5.26 Å². The summed E-state index contributed by atoms with van der Waals surface area (Å²) in [6, 6.07) is 13.5. The van der Waals surface area contributed by atoms with Crippen LogP contribution in [0.1, 0.15) is 49.4 Å². The summed E-state index contributed by atoms with van der Waals surface area (Å²) in [6.45, 7) is 6.33. The quantitative estimate of drug-likeness (QED) is 0.126. The Hall–Kier alpha value is -5.97. The van der Waals surface area contributed by atoms with Crippen molar-refractivity contribution in [3.63, 3.8) is 0 Å². The monoisotopic (exact) mass is 834 g/mol. The minimum Gasteiger partial charge on any atom is -0.489 e. The molecule has 3 aliphatic rings. The van der Waals surface area contributed by atoms with E-state index in [0.29, 0.717) is 67.6 Å². The van der Waals surface area contributed by atoms with Gasteiger partial charge < -0.3 is 19.5 Å². The summed E-state index contributed by atoms with van der Waals surface area (Å²) in [4.78, 5) is 58.6. The second-order valence-corrected chi connectivity index (χ2v) is 15.3. The summed E-state index contributed by atoms with van der Waals surface area (Å²) in [6.07, 6.45) is -4.26. The number of thiocarbonyl (C=S) groups is 1. The third-order valence-electron chi connectivity index (χ3n) is 10.8. The SMILES string of the molecule is CN1C(=O)CCC(c2noc3cc(NC(=O)CN4CCN(CCOc5ccc(N6C(=S)N(c7ccc(C#N)c(C(F)(F)F)c7)C(=O)C6(C)C)cc5F)CC4)ccc23)C1=O. The first-order chi connectivity index (χ1) is 28.0. The molecule has 19 heteroatoms. The van der Waals surface area contributed by atoms with Crippen LogP contribution in [0, 0.1) is 17.1 Å². The lowest BCUT2D eigenvalue weighted by Gasteiger charge is -2.34. The van der Waals surface area contributed by atoms with E-state index in [1.54, 1.807) is 18.2 Å². The van der Waals surface area contributed by atoms with Crippen molar-refractivity contribution in [2.45, 2.75) is 44.3 Å². The third-order valence-corrected chi connectivity index (χ3v) is 11.2. The number of nitriles is 1. The van der Waals surface area contributed by atoms with E-state index in [2.05, 4.69) is 15.4 Å². The summed E-state index contributed by atoms with van der Waals surface area (Å²) in [5.74, 6) is -2.76. The van der Waals surface area contributed by atoms with Gasteiger partial charge in [0, 0.05) is 75.1 Å². The maximum atomic E-state index is 15.4. The highest BCUT2D eigenvalue weighted by Gasteiger charge is 2.51. The largest absolute Gasteiger partial charge is 0.489 e. The summed E-state index contributed by atoms with van der Waals surface area (Å²) >= 11 is 5.55. The van der Waals surface area contributed by atoms with Gasteiger partial charge in [-0.15, -0.1) is 0 Å². The van der Waals surface area contributed by atoms with Crippen molar-refractivity contribution in [2.24, 2.45) is 0 Å². The number of alkyl halides is 3. The highest BCUT2D eigenvalue weighted by atomic mass is 32.1. The predicted octanol–water partition coefficient (Wildman–Crippen LogP) is 5.27. The van der Waals surface area contributed by atoms with Crippen LogP contribution < -0.4 is 19.9 Å². The van der Waals surface area contributed by atoms with Crippen LogP contribution in [-0.4, -0.2) is 107 Å². The lowest BCUT2D eigenvalue weighted by atomic mass is 9.92. The number of aromatic nitrogens is 1. The molecule has 1 aromatic heterocycles. The van der Waals surface area contributed by atoms with Gasteiger partial charge in [0.05, 0.1) is 35.3 Å². The molecule has 1 N–H and O–H groups in total. The number of fused-ring (bicyclic) bond motifs is 1. The van der Waals surface area contributed by atoms with E-state index in [0.717, 1.165) is 21.9 Å². The van der Waals surface area contributed by atoms with E-state index in [-0.39, 0.29) is 59.5 Å². The van der Waals surface area contributed by atoms with Crippen LogP contribution in [0.2, 0.25) is 0 Å². The minimum atomic E-state index is -4.85. The van der Waals surface area contributed by atoms with Gasteiger partial charge in [0.25, 0.3) is 5.91 Å². The predicted molar refractivity (Wildman–Crippen MR) is 210 cm³/mol. The average molecular weight is 835 g/mol. The Morgan fingerprint density at radius 2 is 1.75 bits per heavy atom. The molecule has 0 saturated carbocycles. The standard InChI is InChI=1S/C40H38F4N8O6S/c1-39(2)37(56)51(25-6-4-23(21-45)29(19-25)40(42,43)44)38(59)52(39)26-7-10-31(30(41)20-26)57-17-16-49-12-14-50(15-13-49)22-33(53)46-24-5-8-27-32(18-24)58-47-35(27)28-9-11-34(54)48(3)36(28)55/h4-8,10,18-20,28H,9,11-17,22H2,1-3H3,(H,46,53). The number of piperazine rings is 1. The topological polar surface area (TPSA) is 156 Å². The van der Waals surface area contributed by atoms with E-state index in [1.807, 2.05) is 4.90 Å². The molecule has 1 atom stereocenters. The first-order valence-corrected chi connectivity index (χ1v) is 19.1. The van der Waals surface area contributed by atoms with Gasteiger partial charge in [-0.3, -0.25) is 38.8 Å². The highest BCUT2D eigenvalue weighted by Crippen LogP contribution is 2.40. The normalized spacial score (nSPS) is 19.2. The van der Waals surface area contributed by atoms with Crippen LogP contribution in [0.5, 0.6) is 5.75 Å². The van der Waals surface area contributed by atoms with Crippen LogP contribution >= 0.6 is 12.2 Å². The maximum absolute atomic E-state index is 15.4. The van der Waals surface area contributed by atoms with Gasteiger partial charge in [-0.05, 0) is 75.0 Å². The molecular weight excluding hydrogens is 797 g/mol. The fourth-order valence-electron chi connectivity index (χ4n) is 7.52. The Bertz CT molecular complexity index is 2410. The number of likely N-dealkylation sites (N-methyl/N-ethyl adjacent to an activating group) is 1. The molecule has 3 saturated heterocycles. The summed E-state index contributed by atoms with van der Waals surface area (Å²) in [5.41, 5.74) is -1.79. The van der Waals surface area contributed by atoms with Crippen molar-refractivity contribution in [2.75, 3.05) is 68.0 Å². The summed E-state index contributed by atoms with van der Waals surface area (Å²) in [7, 11) is 1.45. The molecule has 0 radical (unpaired) electrons. The maximum Gasteiger partial charge on any atom is 0.417 e. The molecule has 7 rings (SSSR count). The number of nitrogens with one attached hydrogen (secondary N) is 1. The number of hydrogen-bond acceptors (Lipinski definition) is 11. The van der Waals surface area contributed by atoms with E-state index < -0.39 is 40.5 Å². The number of carbonyl (C=O) groups excluding carboxylic acids is 4. The summed E-state index contributed by atoms with van der Waals surface area (Å²) in [5, 5.41) is 16.6. The van der Waals surface area contributed by atoms with Gasteiger partial charge in [-0.1, -0.05) is 5.16 Å². The molecule has 3 fully saturated rings. The number of amides is 4. The number of imide groups is 1. The molecule has 4 heterocycles. The Balaban J connectivity index is 0.888. The lowest BCUT2D eigenvalue weighted by molar-refractivity contribution is -0.147. The number of benzene rings is 3. The van der Waals surface area contributed by atoms with E-state index in [1.165, 1.54) is 50.1 Å². The molecule has 3 aromatic carbocycles. The second-order valence-electron chi connectivity index (χ2n) is 14.9. The molecule has 59 heavy (non-hydrogen) atoms. The lowest BCUT2D eigenvalue weighted by Crippen LogP contribution is -2.49. The molecule has 3 aliphatic heterocycles. The Labute approximate surface area is 340 Å². The van der Waals surface area contributed by atoms with Gasteiger partial charge in [-0.25, -0.2) is 4.39 Å². The number of nitrogens with zero attached hydrogens (tertiary/aromatic N) is 7. The molecule has 14 nitrogen and oxygen atoms in total. The van der Waals surface area contributed by atoms with Gasteiger partial charge in [0.2, 0.25) is 17.7 Å². The fourth-order valence-corrected chi connectivity index (χ4v) is 8.04. The number of piperidine rings is 1. The third kappa shape index (κ3) is 8.07. The molecule has 4 amide bonds. The number of ether oxygens (including phenoxy) is 1. The van der Waals surface area contributed by atoms with Crippen molar-refractivity contribution < 1.29 is 46.0 Å². The molecule has 1 unspecified atom stereocenters. The molecule has 0 aliphatic carbocycles. The average Bonchev–Trinajstić information content (AvgIpc) is 3.68. The van der Waals surface area contributed by atoms with Crippen LogP contribution in [0.25, 0.3) is 11.0 Å². The van der Waals surface area contributed by atoms with Crippen LogP contribution in [0.3, 0.4) is 0 Å². The van der Waals surface area contributed by atoms with Gasteiger partial charge in [0.1, 0.15) is 17.8 Å². The number of hydrogen-bond donors (Lipinski definition) is 1. The number of carbonyl (C=O) groups is 4. The number of likely N-dealkylation sites (tertiary alicyclic amines) is 1. The van der Waals surface area contributed by atoms with Crippen LogP contribution in [-0.2, 0) is 25.4 Å². The van der Waals surface area contributed by atoms with Crippen LogP contribution in [0.4, 0.5) is 34.6 Å². The second kappa shape index (κ2) is 16.0. The summed E-state index contributed by atoms with van der Waals surface area (Å²) < 4.78 is 67.7. The number of halogens is 4. The van der Waals surface area contributed by atoms with Crippen LogP contribution in [0.15, 0.2) is 59.1 Å². The van der Waals surface area contributed by atoms with E-state index >= 15 is 4.39 Å². The first-order valence-electron chi connectivity index (χ1n) is 18.6. The Morgan fingerprint density at radius 3 is 2.44 bits per heavy atom. The minimum absolute atomic E-state index is 0.0385. The smallest absolute Gasteiger partial charge is 0.417 e. The Morgan fingerprint density at radius 1 is 1.03 bits per heavy atom. The molecule has 4 aromatic rings. The fraction of sp³-hybridized carbons (Fsp3) is 0.375. The molecule has 0 bridgehead atoms. The molecule has 308 valence electrons. The number of rotatable bonds is 10. The highest BCUT2D eigenvalue weighted by molar-refractivity contribution is 7.81. The van der Waals surface area contributed by atoms with Crippen molar-refractivity contribution in [3.8, 4) is 11.8 Å². The Kier molecular flexibility index (Phi) is 11.2. The van der Waals surface area contributed by atoms with Crippen molar-refractivity contribution in [1.82, 2.24) is 19.9 Å². The van der Waals surface area contributed by atoms with E-state index in [9.17, 15) is 37.6 Å². The van der Waals surface area contributed by atoms with E-state index in [4.69, 9.17) is 21.5 Å². The van der Waals surface area contributed by atoms with Gasteiger partial charge in [0.15, 0.2) is 22.3 Å². The zero-order chi connectivity index (χ0) is 42.4. The zero-order valence-corrected chi connectivity index (χ0v) is 33.0. The molecular formula is C40H38F4N8O6S. The van der Waals surface area contributed by atoms with Gasteiger partial charge in [-0.2, -0.15) is 18.4 Å². The van der Waals surface area contributed by atoms with Crippen molar-refractivity contribution >= 4 is 69.0 Å². The first kappa shape index (κ1) is 41.2. The van der Waals surface area contributed by atoms with Gasteiger partial charge >= 0.3 is 6.18 Å². The van der Waals surface area contributed by atoms with Crippen molar-refractivity contribution in [3.05, 3.63) is 77.2 Å². The number of anilines is 3. The zero-order valence-electron chi connectivity index (χ0n) is 32.1. The molecule has 0 spiro atoms.